The molecule has 0 spiro atoms. The summed E-state index contributed by atoms with van der Waals surface area (Å²) in [6.07, 6.45) is 5.14. The first-order valence-corrected chi connectivity index (χ1v) is 5.34. The minimum Gasteiger partial charge on any atom is -0.325 e. The van der Waals surface area contributed by atoms with E-state index in [1.165, 1.54) is 0 Å². The van der Waals surface area contributed by atoms with Crippen LogP contribution in [0, 0.1) is 0 Å². The molecular formula is C7H14N4S. The number of rotatable bonds is 5. The quantitative estimate of drug-likeness (QED) is 0.680. The molecule has 5 heteroatoms. The van der Waals surface area contributed by atoms with Crippen LogP contribution in [-0.4, -0.2) is 27.0 Å². The summed E-state index contributed by atoms with van der Waals surface area (Å²) in [6.45, 7) is 1.41. The van der Waals surface area contributed by atoms with Crippen molar-refractivity contribution in [3.05, 3.63) is 11.9 Å². The third-order valence-corrected chi connectivity index (χ3v) is 2.23. The number of thioether (sulfide) groups is 1. The smallest absolute Gasteiger partial charge is 0.0962 e. The van der Waals surface area contributed by atoms with Gasteiger partial charge in [0.05, 0.1) is 5.69 Å². The monoisotopic (exact) mass is 186 g/mol. The summed E-state index contributed by atoms with van der Waals surface area (Å²) < 4.78 is 1.85. The van der Waals surface area contributed by atoms with Crippen LogP contribution in [-0.2, 0) is 13.1 Å². The van der Waals surface area contributed by atoms with Crippen molar-refractivity contribution in [3.8, 4) is 0 Å². The molecule has 1 aromatic rings. The summed E-state index contributed by atoms with van der Waals surface area (Å²) in [5.41, 5.74) is 6.26. The first-order chi connectivity index (χ1) is 5.86. The molecule has 0 aliphatic heterocycles. The molecule has 0 saturated carbocycles. The van der Waals surface area contributed by atoms with Crippen molar-refractivity contribution >= 4 is 11.8 Å². The summed E-state index contributed by atoms with van der Waals surface area (Å²) in [5, 5.41) is 7.83. The highest BCUT2D eigenvalue weighted by Gasteiger charge is 1.96. The van der Waals surface area contributed by atoms with E-state index in [4.69, 9.17) is 5.73 Å². The Kier molecular flexibility index (Phi) is 4.10. The van der Waals surface area contributed by atoms with Gasteiger partial charge in [-0.1, -0.05) is 5.21 Å². The fourth-order valence-corrected chi connectivity index (χ4v) is 1.33. The molecule has 68 valence electrons. The van der Waals surface area contributed by atoms with Crippen molar-refractivity contribution in [2.24, 2.45) is 5.73 Å². The van der Waals surface area contributed by atoms with E-state index in [1.54, 1.807) is 0 Å². The maximum atomic E-state index is 5.40. The zero-order chi connectivity index (χ0) is 8.81. The van der Waals surface area contributed by atoms with E-state index in [1.807, 2.05) is 22.6 Å². The van der Waals surface area contributed by atoms with Gasteiger partial charge in [0.2, 0.25) is 0 Å². The summed E-state index contributed by atoms with van der Waals surface area (Å²) in [4.78, 5) is 0. The second-order valence-electron chi connectivity index (χ2n) is 2.52. The number of aryl methyl sites for hydroxylation is 1. The Balaban J connectivity index is 2.31. The molecule has 0 unspecified atom stereocenters. The highest BCUT2D eigenvalue weighted by Crippen LogP contribution is 1.98. The lowest BCUT2D eigenvalue weighted by molar-refractivity contribution is 0.582. The second kappa shape index (κ2) is 5.16. The van der Waals surface area contributed by atoms with Crippen molar-refractivity contribution in [2.45, 2.75) is 19.5 Å². The Bertz CT molecular complexity index is 223. The zero-order valence-electron chi connectivity index (χ0n) is 7.23. The largest absolute Gasteiger partial charge is 0.325 e. The molecule has 2 N–H and O–H groups in total. The van der Waals surface area contributed by atoms with Crippen LogP contribution >= 0.6 is 11.8 Å². The summed E-state index contributed by atoms with van der Waals surface area (Å²) in [6, 6.07) is 0. The van der Waals surface area contributed by atoms with E-state index in [2.05, 4.69) is 16.6 Å². The molecule has 0 aliphatic rings. The Labute approximate surface area is 76.5 Å². The van der Waals surface area contributed by atoms with Crippen LogP contribution in [0.15, 0.2) is 6.20 Å². The van der Waals surface area contributed by atoms with Gasteiger partial charge in [0.15, 0.2) is 0 Å². The Morgan fingerprint density at radius 3 is 3.08 bits per heavy atom. The van der Waals surface area contributed by atoms with Gasteiger partial charge in [0.25, 0.3) is 0 Å². The first-order valence-electron chi connectivity index (χ1n) is 3.95. The van der Waals surface area contributed by atoms with Gasteiger partial charge >= 0.3 is 0 Å². The summed E-state index contributed by atoms with van der Waals surface area (Å²) in [7, 11) is 0. The molecule has 4 nitrogen and oxygen atoms in total. The Hall–Kier alpha value is -0.550. The van der Waals surface area contributed by atoms with E-state index < -0.39 is 0 Å². The number of nitrogens with two attached hydrogens (primary N) is 1. The van der Waals surface area contributed by atoms with Gasteiger partial charge in [-0.05, 0) is 18.4 Å². The van der Waals surface area contributed by atoms with E-state index in [0.29, 0.717) is 6.54 Å². The van der Waals surface area contributed by atoms with Gasteiger partial charge in [-0.25, -0.2) is 0 Å². The predicted octanol–water partition coefficient (Wildman–Crippen LogP) is 0.490. The third-order valence-electron chi connectivity index (χ3n) is 1.53. The van der Waals surface area contributed by atoms with Gasteiger partial charge < -0.3 is 5.73 Å². The van der Waals surface area contributed by atoms with Crippen molar-refractivity contribution in [3.63, 3.8) is 0 Å². The fourth-order valence-electron chi connectivity index (χ4n) is 0.912. The van der Waals surface area contributed by atoms with Gasteiger partial charge in [-0.15, -0.1) is 5.10 Å². The van der Waals surface area contributed by atoms with Crippen molar-refractivity contribution in [2.75, 3.05) is 12.0 Å². The number of aromatic nitrogens is 3. The van der Waals surface area contributed by atoms with Crippen LogP contribution in [0.5, 0.6) is 0 Å². The van der Waals surface area contributed by atoms with E-state index in [0.717, 1.165) is 24.4 Å². The number of nitrogens with zero attached hydrogens (tertiary/aromatic N) is 3. The molecule has 0 radical (unpaired) electrons. The van der Waals surface area contributed by atoms with E-state index in [9.17, 15) is 0 Å². The maximum Gasteiger partial charge on any atom is 0.0962 e. The van der Waals surface area contributed by atoms with Crippen LogP contribution in [0.4, 0.5) is 0 Å². The molecular weight excluding hydrogens is 172 g/mol. The Morgan fingerprint density at radius 1 is 1.67 bits per heavy atom. The number of hydrogen-bond acceptors (Lipinski definition) is 4. The van der Waals surface area contributed by atoms with E-state index in [-0.39, 0.29) is 0 Å². The van der Waals surface area contributed by atoms with Crippen LogP contribution in [0.1, 0.15) is 12.1 Å². The van der Waals surface area contributed by atoms with Crippen LogP contribution in [0.3, 0.4) is 0 Å². The molecule has 0 saturated heterocycles. The molecule has 1 rings (SSSR count). The maximum absolute atomic E-state index is 5.40. The lowest BCUT2D eigenvalue weighted by Gasteiger charge is -1.96. The highest BCUT2D eigenvalue weighted by molar-refractivity contribution is 7.98. The van der Waals surface area contributed by atoms with Gasteiger partial charge in [-0.3, -0.25) is 4.68 Å². The fraction of sp³-hybridized carbons (Fsp3) is 0.714. The average Bonchev–Trinajstić information content (AvgIpc) is 2.53. The molecule has 0 bridgehead atoms. The first kappa shape index (κ1) is 9.54. The second-order valence-corrected chi connectivity index (χ2v) is 3.51. The molecule has 0 aliphatic carbocycles. The van der Waals surface area contributed by atoms with Crippen LogP contribution in [0.25, 0.3) is 0 Å². The normalized spacial score (nSPS) is 10.5. The standard InChI is InChI=1S/C7H14N4S/c1-12-4-2-3-11-6-7(5-8)9-10-11/h6H,2-5,8H2,1H3. The summed E-state index contributed by atoms with van der Waals surface area (Å²) in [5.74, 6) is 1.16. The molecule has 0 fully saturated rings. The van der Waals surface area contributed by atoms with Crippen LogP contribution < -0.4 is 5.73 Å². The van der Waals surface area contributed by atoms with Crippen molar-refractivity contribution in [1.82, 2.24) is 15.0 Å². The predicted molar refractivity (Wildman–Crippen MR) is 50.9 cm³/mol. The average molecular weight is 186 g/mol. The molecule has 1 heterocycles. The third kappa shape index (κ3) is 2.83. The van der Waals surface area contributed by atoms with Gasteiger partial charge in [0.1, 0.15) is 0 Å². The molecule has 0 amide bonds. The number of hydrogen-bond donors (Lipinski definition) is 1. The minimum atomic E-state index is 0.475. The Morgan fingerprint density at radius 2 is 2.50 bits per heavy atom. The molecule has 12 heavy (non-hydrogen) atoms. The lowest BCUT2D eigenvalue weighted by atomic mass is 10.4. The lowest BCUT2D eigenvalue weighted by Crippen LogP contribution is -1.99. The van der Waals surface area contributed by atoms with Crippen molar-refractivity contribution < 1.29 is 0 Å². The topological polar surface area (TPSA) is 56.7 Å². The van der Waals surface area contributed by atoms with Gasteiger partial charge in [-0.2, -0.15) is 11.8 Å². The molecule has 1 aromatic heterocycles. The van der Waals surface area contributed by atoms with Gasteiger partial charge in [0, 0.05) is 19.3 Å². The van der Waals surface area contributed by atoms with Crippen molar-refractivity contribution in [1.29, 1.82) is 0 Å². The van der Waals surface area contributed by atoms with Crippen LogP contribution in [0.2, 0.25) is 0 Å². The zero-order valence-corrected chi connectivity index (χ0v) is 8.05. The molecule has 0 aromatic carbocycles. The SMILES string of the molecule is CSCCCn1cc(CN)nn1. The minimum absolute atomic E-state index is 0.475. The highest BCUT2D eigenvalue weighted by atomic mass is 32.2. The molecule has 0 atom stereocenters. The van der Waals surface area contributed by atoms with E-state index >= 15 is 0 Å². The summed E-state index contributed by atoms with van der Waals surface area (Å²) >= 11 is 1.85.